The molecule has 104 valence electrons. The van der Waals surface area contributed by atoms with Crippen molar-refractivity contribution in [2.75, 3.05) is 11.6 Å². The smallest absolute Gasteiger partial charge is 0.210 e. The van der Waals surface area contributed by atoms with Gasteiger partial charge in [-0.2, -0.15) is 0 Å². The van der Waals surface area contributed by atoms with Gasteiger partial charge < -0.3 is 5.32 Å². The number of nitrogens with one attached hydrogen (secondary N) is 2. The van der Waals surface area contributed by atoms with Gasteiger partial charge in [0, 0.05) is 4.90 Å². The molecule has 1 aromatic rings. The zero-order valence-electron chi connectivity index (χ0n) is 11.4. The molecular weight excluding hydrogens is 256 g/mol. The number of guanidine groups is 1. The maximum Gasteiger partial charge on any atom is 0.210 e. The van der Waals surface area contributed by atoms with Gasteiger partial charge in [0.25, 0.3) is 0 Å². The highest BCUT2D eigenvalue weighted by Crippen LogP contribution is 2.25. The topological polar surface area (TPSA) is 62.4 Å². The number of benzene rings is 1. The fourth-order valence-electron chi connectivity index (χ4n) is 2.37. The highest BCUT2D eigenvalue weighted by molar-refractivity contribution is 7.98. The van der Waals surface area contributed by atoms with Crippen LogP contribution >= 0.6 is 11.8 Å². The van der Waals surface area contributed by atoms with Crippen LogP contribution in [0, 0.1) is 0 Å². The minimum absolute atomic E-state index is 0.397. The maximum atomic E-state index is 5.58. The zero-order valence-corrected chi connectivity index (χ0v) is 12.2. The largest absolute Gasteiger partial charge is 0.324 e. The summed E-state index contributed by atoms with van der Waals surface area (Å²) < 4.78 is 0. The normalized spacial score (nSPS) is 17.3. The Bertz CT molecular complexity index is 427. The Kier molecular flexibility index (Phi) is 5.54. The van der Waals surface area contributed by atoms with Crippen LogP contribution in [0.5, 0.6) is 0 Å². The van der Waals surface area contributed by atoms with Gasteiger partial charge in [-0.25, -0.2) is 10.8 Å². The third-order valence-corrected chi connectivity index (χ3v) is 4.18. The Hall–Kier alpha value is -1.20. The number of rotatable bonds is 3. The van der Waals surface area contributed by atoms with Crippen molar-refractivity contribution in [2.45, 2.75) is 43.0 Å². The summed E-state index contributed by atoms with van der Waals surface area (Å²) in [7, 11) is 0. The van der Waals surface area contributed by atoms with Gasteiger partial charge in [-0.05, 0) is 31.2 Å². The molecule has 2 rings (SSSR count). The van der Waals surface area contributed by atoms with E-state index in [1.807, 2.05) is 18.2 Å². The molecule has 0 saturated heterocycles. The molecule has 1 aromatic carbocycles. The Morgan fingerprint density at radius 3 is 2.68 bits per heavy atom. The second-order valence-corrected chi connectivity index (χ2v) is 5.59. The molecule has 0 radical (unpaired) electrons. The molecule has 0 heterocycles. The lowest BCUT2D eigenvalue weighted by Crippen LogP contribution is -2.37. The second kappa shape index (κ2) is 7.40. The third-order valence-electron chi connectivity index (χ3n) is 3.38. The van der Waals surface area contributed by atoms with Crippen LogP contribution in [0.1, 0.15) is 32.1 Å². The first-order valence-electron chi connectivity index (χ1n) is 6.78. The summed E-state index contributed by atoms with van der Waals surface area (Å²) in [6.07, 6.45) is 8.27. The van der Waals surface area contributed by atoms with Gasteiger partial charge in [-0.15, -0.1) is 11.8 Å². The first kappa shape index (κ1) is 14.2. The van der Waals surface area contributed by atoms with Gasteiger partial charge in [0.15, 0.2) is 0 Å². The van der Waals surface area contributed by atoms with Crippen molar-refractivity contribution >= 4 is 23.4 Å². The molecule has 4 N–H and O–H groups in total. The van der Waals surface area contributed by atoms with Crippen molar-refractivity contribution in [3.05, 3.63) is 24.3 Å². The van der Waals surface area contributed by atoms with Crippen molar-refractivity contribution < 1.29 is 0 Å². The van der Waals surface area contributed by atoms with Gasteiger partial charge >= 0.3 is 0 Å². The van der Waals surface area contributed by atoms with E-state index in [2.05, 4.69) is 28.1 Å². The standard InChI is InChI=1S/C14H22N4S/c1-19-13-10-6-5-9-12(13)17-14(18-15)16-11-7-3-2-4-8-11/h5-6,9-11H,2-4,7-8,15H2,1H3,(H2,16,17,18). The predicted octanol–water partition coefficient (Wildman–Crippen LogP) is 2.97. The Balaban J connectivity index is 2.07. The van der Waals surface area contributed by atoms with Crippen LogP contribution in [0.3, 0.4) is 0 Å². The third kappa shape index (κ3) is 4.14. The van der Waals surface area contributed by atoms with E-state index in [9.17, 15) is 0 Å². The van der Waals surface area contributed by atoms with Gasteiger partial charge in [0.05, 0.1) is 11.7 Å². The van der Waals surface area contributed by atoms with E-state index in [1.54, 1.807) is 11.8 Å². The summed E-state index contributed by atoms with van der Waals surface area (Å²) in [4.78, 5) is 5.87. The molecule has 0 aliphatic heterocycles. The molecule has 0 spiro atoms. The fourth-order valence-corrected chi connectivity index (χ4v) is 2.93. The Morgan fingerprint density at radius 1 is 1.26 bits per heavy atom. The number of nitrogens with two attached hydrogens (primary N) is 1. The van der Waals surface area contributed by atoms with E-state index in [4.69, 9.17) is 5.84 Å². The van der Waals surface area contributed by atoms with Crippen LogP contribution in [-0.4, -0.2) is 18.3 Å². The molecule has 1 saturated carbocycles. The lowest BCUT2D eigenvalue weighted by Gasteiger charge is -2.20. The number of hydrogen-bond acceptors (Lipinski definition) is 3. The van der Waals surface area contributed by atoms with Gasteiger partial charge in [0.1, 0.15) is 0 Å². The van der Waals surface area contributed by atoms with Crippen molar-refractivity contribution in [1.82, 2.24) is 5.43 Å². The molecule has 4 nitrogen and oxygen atoms in total. The quantitative estimate of drug-likeness (QED) is 0.261. The van der Waals surface area contributed by atoms with Crippen molar-refractivity contribution in [1.29, 1.82) is 0 Å². The number of nitrogens with zero attached hydrogens (tertiary/aromatic N) is 1. The van der Waals surface area contributed by atoms with Gasteiger partial charge in [-0.1, -0.05) is 31.4 Å². The SMILES string of the molecule is CSc1ccccc1NC(=NC1CCCCC1)NN. The molecular formula is C14H22N4S. The summed E-state index contributed by atoms with van der Waals surface area (Å²) in [5, 5.41) is 3.29. The number of hydrogen-bond donors (Lipinski definition) is 3. The molecule has 1 aliphatic carbocycles. The Labute approximate surface area is 119 Å². The average Bonchev–Trinajstić information content (AvgIpc) is 2.48. The molecule has 19 heavy (non-hydrogen) atoms. The van der Waals surface area contributed by atoms with Crippen LogP contribution in [0.25, 0.3) is 0 Å². The van der Waals surface area contributed by atoms with Crippen LogP contribution in [0.2, 0.25) is 0 Å². The van der Waals surface area contributed by atoms with E-state index in [0.717, 1.165) is 18.5 Å². The van der Waals surface area contributed by atoms with E-state index < -0.39 is 0 Å². The number of para-hydroxylation sites is 1. The van der Waals surface area contributed by atoms with E-state index >= 15 is 0 Å². The lowest BCUT2D eigenvalue weighted by molar-refractivity contribution is 0.442. The van der Waals surface area contributed by atoms with Crippen LogP contribution in [0.4, 0.5) is 5.69 Å². The highest BCUT2D eigenvalue weighted by atomic mass is 32.2. The number of anilines is 1. The number of aliphatic imine (C=N–C) groups is 1. The summed E-state index contributed by atoms with van der Waals surface area (Å²) in [5.74, 6) is 6.24. The Morgan fingerprint density at radius 2 is 2.00 bits per heavy atom. The maximum absolute atomic E-state index is 5.58. The monoisotopic (exact) mass is 278 g/mol. The molecule has 0 unspecified atom stereocenters. The summed E-state index contributed by atoms with van der Waals surface area (Å²) >= 11 is 1.71. The predicted molar refractivity (Wildman–Crippen MR) is 83.5 cm³/mol. The lowest BCUT2D eigenvalue weighted by atomic mass is 9.96. The summed E-state index contributed by atoms with van der Waals surface area (Å²) in [6.45, 7) is 0. The fraction of sp³-hybridized carbons (Fsp3) is 0.500. The molecule has 1 aliphatic rings. The molecule has 0 aromatic heterocycles. The van der Waals surface area contributed by atoms with Gasteiger partial charge in [0.2, 0.25) is 5.96 Å². The van der Waals surface area contributed by atoms with Crippen LogP contribution < -0.4 is 16.6 Å². The van der Waals surface area contributed by atoms with Crippen molar-refractivity contribution in [3.8, 4) is 0 Å². The summed E-state index contributed by atoms with van der Waals surface area (Å²) in [6, 6.07) is 8.57. The highest BCUT2D eigenvalue weighted by Gasteiger charge is 2.13. The van der Waals surface area contributed by atoms with Gasteiger partial charge in [-0.3, -0.25) is 5.43 Å². The number of thioether (sulfide) groups is 1. The van der Waals surface area contributed by atoms with E-state index in [1.165, 1.54) is 24.2 Å². The van der Waals surface area contributed by atoms with Crippen molar-refractivity contribution in [3.63, 3.8) is 0 Å². The minimum atomic E-state index is 0.397. The summed E-state index contributed by atoms with van der Waals surface area (Å²) in [5.41, 5.74) is 3.72. The molecule has 1 fully saturated rings. The second-order valence-electron chi connectivity index (χ2n) is 4.74. The molecule has 0 amide bonds. The van der Waals surface area contributed by atoms with Crippen molar-refractivity contribution in [2.24, 2.45) is 10.8 Å². The molecule has 0 bridgehead atoms. The van der Waals surface area contributed by atoms with E-state index in [-0.39, 0.29) is 0 Å². The van der Waals surface area contributed by atoms with Crippen LogP contribution in [-0.2, 0) is 0 Å². The minimum Gasteiger partial charge on any atom is -0.324 e. The van der Waals surface area contributed by atoms with Crippen LogP contribution in [0.15, 0.2) is 34.2 Å². The first-order valence-corrected chi connectivity index (χ1v) is 8.00. The molecule has 0 atom stereocenters. The number of hydrazine groups is 1. The molecule has 5 heteroatoms. The van der Waals surface area contributed by atoms with E-state index in [0.29, 0.717) is 12.0 Å². The average molecular weight is 278 g/mol. The first-order chi connectivity index (χ1) is 9.33. The zero-order chi connectivity index (χ0) is 13.5.